The standard InChI is InChI=1S/C22H19ClF2N4O2/c1-13-15(7-14-3-4-18(26-10-14)29-6-2-5-27-29)8-17-20(19(13)23)31-11-16-9-22(24,25)12-28(16)21(17)30/h2-6,8,10,16H,7,9,11-12H2,1H3/t16-/m0/s1. The van der Waals surface area contributed by atoms with Crippen LogP contribution in [-0.2, 0) is 6.42 Å². The van der Waals surface area contributed by atoms with Gasteiger partial charge < -0.3 is 9.64 Å². The van der Waals surface area contributed by atoms with E-state index in [0.29, 0.717) is 17.3 Å². The summed E-state index contributed by atoms with van der Waals surface area (Å²) in [6.45, 7) is 1.27. The molecule has 4 heterocycles. The predicted octanol–water partition coefficient (Wildman–Crippen LogP) is 4.06. The van der Waals surface area contributed by atoms with Crippen LogP contribution in [0.2, 0.25) is 5.02 Å². The van der Waals surface area contributed by atoms with Crippen molar-refractivity contribution in [3.8, 4) is 11.6 Å². The largest absolute Gasteiger partial charge is 0.489 e. The van der Waals surface area contributed by atoms with E-state index in [-0.39, 0.29) is 17.9 Å². The summed E-state index contributed by atoms with van der Waals surface area (Å²) in [6, 6.07) is 6.65. The van der Waals surface area contributed by atoms with Crippen molar-refractivity contribution in [3.05, 3.63) is 70.1 Å². The smallest absolute Gasteiger partial charge is 0.267 e. The molecule has 1 aromatic carbocycles. The Bertz CT molecular complexity index is 1150. The fourth-order valence-electron chi connectivity index (χ4n) is 4.16. The van der Waals surface area contributed by atoms with Gasteiger partial charge in [0.15, 0.2) is 11.6 Å². The van der Waals surface area contributed by atoms with Gasteiger partial charge in [-0.05, 0) is 48.2 Å². The van der Waals surface area contributed by atoms with Crippen LogP contribution >= 0.6 is 11.6 Å². The highest BCUT2D eigenvalue weighted by molar-refractivity contribution is 6.33. The number of carbonyl (C=O) groups is 1. The molecule has 2 aliphatic heterocycles. The number of pyridine rings is 1. The fraction of sp³-hybridized carbons (Fsp3) is 0.318. The molecule has 160 valence electrons. The molecule has 0 saturated carbocycles. The Kier molecular flexibility index (Phi) is 4.69. The van der Waals surface area contributed by atoms with Crippen molar-refractivity contribution in [2.24, 2.45) is 0 Å². The minimum atomic E-state index is -2.90. The van der Waals surface area contributed by atoms with E-state index < -0.39 is 30.8 Å². The average molecular weight is 445 g/mol. The summed E-state index contributed by atoms with van der Waals surface area (Å²) >= 11 is 6.55. The number of benzene rings is 1. The molecule has 0 aliphatic carbocycles. The first kappa shape index (κ1) is 19.9. The summed E-state index contributed by atoms with van der Waals surface area (Å²) in [4.78, 5) is 18.7. The van der Waals surface area contributed by atoms with Crippen LogP contribution in [0.5, 0.6) is 5.75 Å². The average Bonchev–Trinajstić information content (AvgIpc) is 3.36. The summed E-state index contributed by atoms with van der Waals surface area (Å²) in [7, 11) is 0. The molecule has 6 nitrogen and oxygen atoms in total. The van der Waals surface area contributed by atoms with Crippen molar-refractivity contribution in [2.45, 2.75) is 31.7 Å². The third kappa shape index (κ3) is 3.54. The minimum Gasteiger partial charge on any atom is -0.489 e. The second kappa shape index (κ2) is 7.30. The van der Waals surface area contributed by atoms with Crippen LogP contribution in [0.4, 0.5) is 8.78 Å². The Morgan fingerprint density at radius 3 is 2.90 bits per heavy atom. The van der Waals surface area contributed by atoms with Crippen LogP contribution in [-0.4, -0.2) is 50.7 Å². The number of amides is 1. The van der Waals surface area contributed by atoms with E-state index in [0.717, 1.165) is 16.7 Å². The molecule has 0 unspecified atom stereocenters. The fourth-order valence-corrected chi connectivity index (χ4v) is 4.44. The highest BCUT2D eigenvalue weighted by Gasteiger charge is 2.49. The number of aromatic nitrogens is 3. The van der Waals surface area contributed by atoms with E-state index in [4.69, 9.17) is 16.3 Å². The zero-order valence-electron chi connectivity index (χ0n) is 16.7. The number of ether oxygens (including phenoxy) is 1. The van der Waals surface area contributed by atoms with Crippen LogP contribution in [0.25, 0.3) is 5.82 Å². The molecule has 1 saturated heterocycles. The maximum atomic E-state index is 13.9. The first-order chi connectivity index (χ1) is 14.8. The number of carbonyl (C=O) groups excluding carboxylic acids is 1. The number of halogens is 3. The van der Waals surface area contributed by atoms with Crippen LogP contribution in [0.15, 0.2) is 42.9 Å². The molecule has 0 bridgehead atoms. The Morgan fingerprint density at radius 1 is 1.35 bits per heavy atom. The Hall–Kier alpha value is -3.00. The van der Waals surface area contributed by atoms with Gasteiger partial charge in [0.05, 0.1) is 23.2 Å². The topological polar surface area (TPSA) is 60.2 Å². The molecular weight excluding hydrogens is 426 g/mol. The third-order valence-corrected chi connectivity index (χ3v) is 6.26. The third-order valence-electron chi connectivity index (χ3n) is 5.80. The monoisotopic (exact) mass is 444 g/mol. The number of hydrogen-bond acceptors (Lipinski definition) is 4. The van der Waals surface area contributed by atoms with E-state index in [2.05, 4.69) is 10.1 Å². The minimum absolute atomic E-state index is 0.00560. The van der Waals surface area contributed by atoms with Crippen LogP contribution in [0, 0.1) is 6.92 Å². The molecule has 2 aromatic heterocycles. The molecular formula is C22H19ClF2N4O2. The van der Waals surface area contributed by atoms with Gasteiger partial charge in [0.25, 0.3) is 11.8 Å². The molecule has 1 atom stereocenters. The van der Waals surface area contributed by atoms with Crippen molar-refractivity contribution in [1.82, 2.24) is 19.7 Å². The summed E-state index contributed by atoms with van der Waals surface area (Å²) in [5.41, 5.74) is 2.75. The summed E-state index contributed by atoms with van der Waals surface area (Å²) in [6.07, 6.45) is 5.31. The molecule has 1 amide bonds. The van der Waals surface area contributed by atoms with E-state index in [1.54, 1.807) is 29.3 Å². The lowest BCUT2D eigenvalue weighted by molar-refractivity contribution is 0.0113. The quantitative estimate of drug-likeness (QED) is 0.611. The Balaban J connectivity index is 1.47. The molecule has 9 heteroatoms. The van der Waals surface area contributed by atoms with Crippen LogP contribution in [0.3, 0.4) is 0 Å². The van der Waals surface area contributed by atoms with Gasteiger partial charge in [-0.15, -0.1) is 0 Å². The van der Waals surface area contributed by atoms with Gasteiger partial charge in [-0.3, -0.25) is 4.79 Å². The zero-order valence-corrected chi connectivity index (χ0v) is 17.4. The van der Waals surface area contributed by atoms with E-state index in [1.807, 2.05) is 25.1 Å². The summed E-state index contributed by atoms with van der Waals surface area (Å²) < 4.78 is 35.2. The first-order valence-corrected chi connectivity index (χ1v) is 10.3. The highest BCUT2D eigenvalue weighted by atomic mass is 35.5. The second-order valence-corrected chi connectivity index (χ2v) is 8.34. The number of nitrogens with zero attached hydrogens (tertiary/aromatic N) is 4. The van der Waals surface area contributed by atoms with Crippen molar-refractivity contribution in [3.63, 3.8) is 0 Å². The normalized spacial score (nSPS) is 19.5. The van der Waals surface area contributed by atoms with E-state index in [9.17, 15) is 13.6 Å². The Morgan fingerprint density at radius 2 is 2.19 bits per heavy atom. The van der Waals surface area contributed by atoms with Crippen LogP contribution in [0.1, 0.15) is 33.5 Å². The predicted molar refractivity (Wildman–Crippen MR) is 110 cm³/mol. The zero-order chi connectivity index (χ0) is 21.8. The number of rotatable bonds is 3. The lowest BCUT2D eigenvalue weighted by Crippen LogP contribution is -2.37. The molecule has 0 spiro atoms. The van der Waals surface area contributed by atoms with Gasteiger partial charge in [-0.25, -0.2) is 18.4 Å². The highest BCUT2D eigenvalue weighted by Crippen LogP contribution is 2.41. The van der Waals surface area contributed by atoms with Gasteiger partial charge in [0.2, 0.25) is 0 Å². The molecule has 2 aliphatic rings. The number of fused-ring (bicyclic) bond motifs is 2. The van der Waals surface area contributed by atoms with Crippen molar-refractivity contribution < 1.29 is 18.3 Å². The molecule has 3 aromatic rings. The first-order valence-electron chi connectivity index (χ1n) is 9.91. The van der Waals surface area contributed by atoms with Gasteiger partial charge >= 0.3 is 0 Å². The van der Waals surface area contributed by atoms with Gasteiger partial charge in [0, 0.05) is 25.0 Å². The molecule has 5 rings (SSSR count). The van der Waals surface area contributed by atoms with Crippen molar-refractivity contribution in [1.29, 1.82) is 0 Å². The summed E-state index contributed by atoms with van der Waals surface area (Å²) in [5.74, 6) is -2.40. The van der Waals surface area contributed by atoms with Crippen LogP contribution < -0.4 is 4.74 Å². The Labute approximate surface area is 182 Å². The van der Waals surface area contributed by atoms with Crippen molar-refractivity contribution in [2.75, 3.05) is 13.2 Å². The van der Waals surface area contributed by atoms with Gasteiger partial charge in [-0.1, -0.05) is 17.7 Å². The van der Waals surface area contributed by atoms with E-state index >= 15 is 0 Å². The maximum absolute atomic E-state index is 13.9. The lowest BCUT2D eigenvalue weighted by Gasteiger charge is -2.20. The van der Waals surface area contributed by atoms with E-state index in [1.165, 1.54) is 4.90 Å². The molecule has 0 radical (unpaired) electrons. The summed E-state index contributed by atoms with van der Waals surface area (Å²) in [5, 5.41) is 4.50. The van der Waals surface area contributed by atoms with Crippen molar-refractivity contribution >= 4 is 17.5 Å². The maximum Gasteiger partial charge on any atom is 0.267 e. The molecule has 0 N–H and O–H groups in total. The number of hydrogen-bond donors (Lipinski definition) is 0. The van der Waals surface area contributed by atoms with Gasteiger partial charge in [-0.2, -0.15) is 5.10 Å². The molecule has 31 heavy (non-hydrogen) atoms. The lowest BCUT2D eigenvalue weighted by atomic mass is 9.97. The number of alkyl halides is 2. The van der Waals surface area contributed by atoms with Gasteiger partial charge in [0.1, 0.15) is 6.61 Å². The SMILES string of the molecule is Cc1c(Cc2ccc(-n3cccn3)nc2)cc2c(c1Cl)OC[C@@H]1CC(F)(F)CN1C2=O. The second-order valence-electron chi connectivity index (χ2n) is 7.96. The molecule has 1 fully saturated rings.